The molecule has 0 radical (unpaired) electrons. The molecule has 1 aromatic carbocycles. The molecule has 6 heteroatoms. The van der Waals surface area contributed by atoms with Crippen molar-refractivity contribution in [3.63, 3.8) is 0 Å². The van der Waals surface area contributed by atoms with Gasteiger partial charge >= 0.3 is 5.97 Å². The molecule has 5 nitrogen and oxygen atoms in total. The maximum Gasteiger partial charge on any atom is 0.303 e. The number of hydrogen-bond donors (Lipinski definition) is 2. The molecule has 0 aliphatic heterocycles. The Balaban J connectivity index is 2.29. The van der Waals surface area contributed by atoms with Crippen molar-refractivity contribution >= 4 is 27.8 Å². The Morgan fingerprint density at radius 2 is 1.95 bits per heavy atom. The van der Waals surface area contributed by atoms with Crippen LogP contribution in [0, 0.1) is 0 Å². The molecule has 0 atom stereocenters. The number of aliphatic carboxylic acids is 1. The van der Waals surface area contributed by atoms with Gasteiger partial charge in [0, 0.05) is 17.4 Å². The topological polar surface area (TPSA) is 75.6 Å². The van der Waals surface area contributed by atoms with E-state index in [0.717, 1.165) is 23.7 Å². The van der Waals surface area contributed by atoms with E-state index in [2.05, 4.69) is 21.2 Å². The van der Waals surface area contributed by atoms with E-state index in [1.165, 1.54) is 7.11 Å². The second-order valence-electron chi connectivity index (χ2n) is 4.66. The van der Waals surface area contributed by atoms with Crippen LogP contribution in [0.15, 0.2) is 22.7 Å². The third kappa shape index (κ3) is 6.62. The van der Waals surface area contributed by atoms with Crippen molar-refractivity contribution < 1.29 is 19.4 Å². The number of hydrogen-bond acceptors (Lipinski definition) is 3. The van der Waals surface area contributed by atoms with Gasteiger partial charge in [-0.2, -0.15) is 0 Å². The monoisotopic (exact) mass is 357 g/mol. The second kappa shape index (κ2) is 9.39. The van der Waals surface area contributed by atoms with Gasteiger partial charge in [0.05, 0.1) is 12.7 Å². The molecule has 0 heterocycles. The molecule has 0 aliphatic carbocycles. The maximum absolute atomic E-state index is 12.0. The number of carbonyl (C=O) groups is 2. The smallest absolute Gasteiger partial charge is 0.303 e. The van der Waals surface area contributed by atoms with E-state index in [0.29, 0.717) is 24.3 Å². The van der Waals surface area contributed by atoms with Crippen molar-refractivity contribution in [2.24, 2.45) is 0 Å². The summed E-state index contributed by atoms with van der Waals surface area (Å²) >= 11 is 3.33. The van der Waals surface area contributed by atoms with Gasteiger partial charge in [0.15, 0.2) is 0 Å². The summed E-state index contributed by atoms with van der Waals surface area (Å²) in [7, 11) is 1.53. The molecular formula is C15H20BrNO4. The molecule has 0 aliphatic rings. The summed E-state index contributed by atoms with van der Waals surface area (Å²) in [6.07, 6.45) is 3.51. The molecule has 2 N–H and O–H groups in total. The zero-order valence-corrected chi connectivity index (χ0v) is 13.6. The van der Waals surface area contributed by atoms with Crippen LogP contribution >= 0.6 is 15.9 Å². The molecule has 0 bridgehead atoms. The highest BCUT2D eigenvalue weighted by atomic mass is 79.9. The summed E-state index contributed by atoms with van der Waals surface area (Å²) in [5.41, 5.74) is 0.506. The van der Waals surface area contributed by atoms with E-state index >= 15 is 0 Å². The minimum atomic E-state index is -0.759. The number of carboxylic acid groups (broad SMARTS) is 1. The first-order valence-corrected chi connectivity index (χ1v) is 7.67. The molecule has 0 fully saturated rings. The fraction of sp³-hybridized carbons (Fsp3) is 0.467. The third-order valence-electron chi connectivity index (χ3n) is 3.01. The summed E-state index contributed by atoms with van der Waals surface area (Å²) in [6, 6.07) is 5.26. The second-order valence-corrected chi connectivity index (χ2v) is 5.57. The molecule has 21 heavy (non-hydrogen) atoms. The summed E-state index contributed by atoms with van der Waals surface area (Å²) in [6.45, 7) is 0.575. The van der Waals surface area contributed by atoms with Gasteiger partial charge in [0.25, 0.3) is 5.91 Å². The van der Waals surface area contributed by atoms with Gasteiger partial charge in [0.2, 0.25) is 0 Å². The highest BCUT2D eigenvalue weighted by molar-refractivity contribution is 9.10. The van der Waals surface area contributed by atoms with Crippen LogP contribution in [0.4, 0.5) is 0 Å². The van der Waals surface area contributed by atoms with Crippen LogP contribution in [0.5, 0.6) is 5.75 Å². The highest BCUT2D eigenvalue weighted by Crippen LogP contribution is 2.23. The lowest BCUT2D eigenvalue weighted by Gasteiger charge is -2.09. The van der Waals surface area contributed by atoms with E-state index in [1.54, 1.807) is 18.2 Å². The Morgan fingerprint density at radius 3 is 2.62 bits per heavy atom. The van der Waals surface area contributed by atoms with Crippen LogP contribution in [-0.4, -0.2) is 30.6 Å². The average Bonchev–Trinajstić information content (AvgIpc) is 2.45. The van der Waals surface area contributed by atoms with Crippen LogP contribution in [0.3, 0.4) is 0 Å². The quantitative estimate of drug-likeness (QED) is 0.665. The van der Waals surface area contributed by atoms with E-state index < -0.39 is 5.97 Å². The van der Waals surface area contributed by atoms with Gasteiger partial charge in [-0.15, -0.1) is 0 Å². The number of carbonyl (C=O) groups excluding carboxylic acids is 1. The standard InChI is InChI=1S/C15H20BrNO4/c1-21-13-10-11(16)7-8-12(13)15(20)17-9-5-3-2-4-6-14(18)19/h7-8,10H,2-6,9H2,1H3,(H,17,20)(H,18,19). The molecule has 116 valence electrons. The number of nitrogens with one attached hydrogen (secondary N) is 1. The Kier molecular flexibility index (Phi) is 7.82. The predicted octanol–water partition coefficient (Wildman–Crippen LogP) is 3.22. The number of amides is 1. The number of carboxylic acids is 1. The number of unbranched alkanes of at least 4 members (excludes halogenated alkanes) is 3. The van der Waals surface area contributed by atoms with E-state index in [4.69, 9.17) is 9.84 Å². The minimum Gasteiger partial charge on any atom is -0.496 e. The lowest BCUT2D eigenvalue weighted by molar-refractivity contribution is -0.137. The Morgan fingerprint density at radius 1 is 1.24 bits per heavy atom. The molecular weight excluding hydrogens is 338 g/mol. The van der Waals surface area contributed by atoms with Gasteiger partial charge in [-0.1, -0.05) is 28.8 Å². The van der Waals surface area contributed by atoms with Crippen molar-refractivity contribution in [3.8, 4) is 5.75 Å². The molecule has 0 saturated heterocycles. The van der Waals surface area contributed by atoms with Gasteiger partial charge < -0.3 is 15.2 Å². The highest BCUT2D eigenvalue weighted by Gasteiger charge is 2.11. The Hall–Kier alpha value is -1.56. The number of ether oxygens (including phenoxy) is 1. The van der Waals surface area contributed by atoms with Crippen LogP contribution in [-0.2, 0) is 4.79 Å². The fourth-order valence-corrected chi connectivity index (χ4v) is 2.24. The van der Waals surface area contributed by atoms with Crippen LogP contribution < -0.4 is 10.1 Å². The molecule has 0 spiro atoms. The number of halogens is 1. The summed E-state index contributed by atoms with van der Waals surface area (Å²) in [4.78, 5) is 22.4. The summed E-state index contributed by atoms with van der Waals surface area (Å²) in [5.74, 6) is -0.390. The zero-order chi connectivity index (χ0) is 15.7. The SMILES string of the molecule is COc1cc(Br)ccc1C(=O)NCCCCCCC(=O)O. The molecule has 0 unspecified atom stereocenters. The summed E-state index contributed by atoms with van der Waals surface area (Å²) in [5, 5.41) is 11.4. The molecule has 0 saturated carbocycles. The third-order valence-corrected chi connectivity index (χ3v) is 3.50. The van der Waals surface area contributed by atoms with Crippen molar-refractivity contribution in [1.29, 1.82) is 0 Å². The molecule has 1 rings (SSSR count). The first-order chi connectivity index (χ1) is 10.0. The molecule has 1 amide bonds. The van der Waals surface area contributed by atoms with Crippen molar-refractivity contribution in [3.05, 3.63) is 28.2 Å². The van der Waals surface area contributed by atoms with Crippen molar-refractivity contribution in [2.75, 3.05) is 13.7 Å². The first kappa shape index (κ1) is 17.5. The van der Waals surface area contributed by atoms with E-state index in [-0.39, 0.29) is 12.3 Å². The van der Waals surface area contributed by atoms with E-state index in [1.807, 2.05) is 0 Å². The van der Waals surface area contributed by atoms with Crippen molar-refractivity contribution in [2.45, 2.75) is 32.1 Å². The molecule has 0 aromatic heterocycles. The predicted molar refractivity (Wildman–Crippen MR) is 83.7 cm³/mol. The van der Waals surface area contributed by atoms with Gasteiger partial charge in [-0.25, -0.2) is 0 Å². The van der Waals surface area contributed by atoms with Crippen LogP contribution in [0.25, 0.3) is 0 Å². The number of methoxy groups -OCH3 is 1. The lowest BCUT2D eigenvalue weighted by Crippen LogP contribution is -2.24. The zero-order valence-electron chi connectivity index (χ0n) is 12.0. The first-order valence-electron chi connectivity index (χ1n) is 6.88. The van der Waals surface area contributed by atoms with Gasteiger partial charge in [-0.05, 0) is 31.0 Å². The van der Waals surface area contributed by atoms with Gasteiger partial charge in [0.1, 0.15) is 5.75 Å². The molecule has 1 aromatic rings. The van der Waals surface area contributed by atoms with Gasteiger partial charge in [-0.3, -0.25) is 9.59 Å². The Bertz CT molecular complexity index is 491. The average molecular weight is 358 g/mol. The maximum atomic E-state index is 12.0. The minimum absolute atomic E-state index is 0.162. The van der Waals surface area contributed by atoms with Crippen LogP contribution in [0.2, 0.25) is 0 Å². The lowest BCUT2D eigenvalue weighted by atomic mass is 10.1. The van der Waals surface area contributed by atoms with Crippen LogP contribution in [0.1, 0.15) is 42.5 Å². The largest absolute Gasteiger partial charge is 0.496 e. The Labute approximate surface area is 132 Å². The number of rotatable bonds is 9. The normalized spacial score (nSPS) is 10.2. The fourth-order valence-electron chi connectivity index (χ4n) is 1.90. The van der Waals surface area contributed by atoms with Crippen molar-refractivity contribution in [1.82, 2.24) is 5.32 Å². The summed E-state index contributed by atoms with van der Waals surface area (Å²) < 4.78 is 6.04. The van der Waals surface area contributed by atoms with E-state index in [9.17, 15) is 9.59 Å². The number of benzene rings is 1.